The number of rotatable bonds is 4. The Morgan fingerprint density at radius 2 is 2.29 bits per heavy atom. The molecular weight excluding hydrogens is 274 g/mol. The first-order valence-electron chi connectivity index (χ1n) is 7.07. The van der Waals surface area contributed by atoms with Crippen LogP contribution in [-0.4, -0.2) is 46.0 Å². The number of hydrogen-bond donors (Lipinski definition) is 0. The zero-order valence-corrected chi connectivity index (χ0v) is 12.0. The lowest BCUT2D eigenvalue weighted by Crippen LogP contribution is -2.45. The second-order valence-corrected chi connectivity index (χ2v) is 4.96. The Morgan fingerprint density at radius 3 is 3.00 bits per heavy atom. The van der Waals surface area contributed by atoms with Crippen LogP contribution >= 0.6 is 0 Å². The molecular formula is C14H19N3O4. The van der Waals surface area contributed by atoms with Crippen LogP contribution in [0.2, 0.25) is 0 Å². The first kappa shape index (κ1) is 15.2. The van der Waals surface area contributed by atoms with Crippen molar-refractivity contribution in [2.45, 2.75) is 26.3 Å². The van der Waals surface area contributed by atoms with E-state index in [-0.39, 0.29) is 24.3 Å². The number of aromatic nitrogens is 2. The molecule has 1 unspecified atom stereocenters. The van der Waals surface area contributed by atoms with Crippen molar-refractivity contribution >= 4 is 11.9 Å². The number of likely N-dealkylation sites (tertiary alicyclic amines) is 1. The number of piperidine rings is 1. The molecule has 21 heavy (non-hydrogen) atoms. The highest BCUT2D eigenvalue weighted by atomic mass is 16.5. The van der Waals surface area contributed by atoms with Crippen LogP contribution in [0.15, 0.2) is 23.3 Å². The molecule has 1 aliphatic heterocycles. The Morgan fingerprint density at radius 1 is 1.48 bits per heavy atom. The molecule has 1 atom stereocenters. The van der Waals surface area contributed by atoms with Crippen molar-refractivity contribution in [3.63, 3.8) is 0 Å². The van der Waals surface area contributed by atoms with Gasteiger partial charge in [-0.1, -0.05) is 0 Å². The molecule has 1 aromatic heterocycles. The van der Waals surface area contributed by atoms with Gasteiger partial charge < -0.3 is 9.64 Å². The third-order valence-corrected chi connectivity index (χ3v) is 3.48. The minimum Gasteiger partial charge on any atom is -0.466 e. The summed E-state index contributed by atoms with van der Waals surface area (Å²) in [5.74, 6) is -0.707. The van der Waals surface area contributed by atoms with E-state index in [2.05, 4.69) is 4.98 Å². The van der Waals surface area contributed by atoms with E-state index >= 15 is 0 Å². The quantitative estimate of drug-likeness (QED) is 0.732. The van der Waals surface area contributed by atoms with Crippen LogP contribution in [0.3, 0.4) is 0 Å². The molecule has 2 heterocycles. The average Bonchev–Trinajstić information content (AvgIpc) is 2.50. The molecule has 0 saturated carbocycles. The smallest absolute Gasteiger partial charge is 0.347 e. The normalized spacial score (nSPS) is 18.3. The van der Waals surface area contributed by atoms with Gasteiger partial charge >= 0.3 is 11.7 Å². The molecule has 0 radical (unpaired) electrons. The Labute approximate surface area is 122 Å². The van der Waals surface area contributed by atoms with Crippen molar-refractivity contribution < 1.29 is 14.3 Å². The minimum atomic E-state index is -0.454. The molecule has 7 nitrogen and oxygen atoms in total. The number of amides is 1. The zero-order chi connectivity index (χ0) is 15.2. The van der Waals surface area contributed by atoms with Gasteiger partial charge in [0.1, 0.15) is 6.54 Å². The molecule has 0 N–H and O–H groups in total. The third-order valence-electron chi connectivity index (χ3n) is 3.48. The molecule has 1 aromatic rings. The van der Waals surface area contributed by atoms with Gasteiger partial charge in [0.25, 0.3) is 0 Å². The van der Waals surface area contributed by atoms with Crippen LogP contribution in [-0.2, 0) is 20.9 Å². The lowest BCUT2D eigenvalue weighted by Gasteiger charge is -2.31. The molecule has 114 valence electrons. The summed E-state index contributed by atoms with van der Waals surface area (Å²) < 4.78 is 6.26. The Balaban J connectivity index is 1.98. The van der Waals surface area contributed by atoms with E-state index in [1.807, 2.05) is 0 Å². The number of esters is 1. The summed E-state index contributed by atoms with van der Waals surface area (Å²) in [6.45, 7) is 3.01. The molecule has 7 heteroatoms. The molecule has 0 bridgehead atoms. The molecule has 1 aliphatic rings. The highest BCUT2D eigenvalue weighted by molar-refractivity contribution is 5.78. The summed E-state index contributed by atoms with van der Waals surface area (Å²) in [4.78, 5) is 40.7. The summed E-state index contributed by atoms with van der Waals surface area (Å²) in [5, 5.41) is 0. The van der Waals surface area contributed by atoms with Gasteiger partial charge in [0.15, 0.2) is 0 Å². The second-order valence-electron chi connectivity index (χ2n) is 4.96. The summed E-state index contributed by atoms with van der Waals surface area (Å²) >= 11 is 0. The Bertz CT molecular complexity index is 569. The Kier molecular flexibility index (Phi) is 5.08. The molecule has 1 fully saturated rings. The topological polar surface area (TPSA) is 81.5 Å². The van der Waals surface area contributed by atoms with Gasteiger partial charge in [0, 0.05) is 25.5 Å². The third kappa shape index (κ3) is 3.90. The largest absolute Gasteiger partial charge is 0.466 e. The monoisotopic (exact) mass is 293 g/mol. The predicted octanol–water partition coefficient (Wildman–Crippen LogP) is 0.0450. The standard InChI is InChI=1S/C14H19N3O4/c1-2-21-13(19)11-5-3-7-16(9-11)12(18)10-17-8-4-6-15-14(17)20/h4,6,8,11H,2-3,5,7,9-10H2,1H3. The zero-order valence-electron chi connectivity index (χ0n) is 12.0. The fraction of sp³-hybridized carbons (Fsp3) is 0.571. The van der Waals surface area contributed by atoms with Gasteiger partial charge in [-0.25, -0.2) is 9.78 Å². The van der Waals surface area contributed by atoms with Crippen molar-refractivity contribution in [1.82, 2.24) is 14.5 Å². The number of carbonyl (C=O) groups is 2. The van der Waals surface area contributed by atoms with E-state index in [0.29, 0.717) is 19.7 Å². The van der Waals surface area contributed by atoms with Crippen LogP contribution in [0, 0.1) is 5.92 Å². The van der Waals surface area contributed by atoms with Crippen LogP contribution in [0.25, 0.3) is 0 Å². The molecule has 0 aromatic carbocycles. The summed E-state index contributed by atoms with van der Waals surface area (Å²) in [6, 6.07) is 1.60. The van der Waals surface area contributed by atoms with Crippen molar-refractivity contribution in [2.75, 3.05) is 19.7 Å². The highest BCUT2D eigenvalue weighted by Gasteiger charge is 2.29. The summed E-state index contributed by atoms with van der Waals surface area (Å²) in [5.41, 5.74) is -0.454. The molecule has 0 aliphatic carbocycles. The number of carbonyl (C=O) groups excluding carboxylic acids is 2. The van der Waals surface area contributed by atoms with Gasteiger partial charge in [-0.05, 0) is 25.8 Å². The first-order valence-corrected chi connectivity index (χ1v) is 7.07. The van der Waals surface area contributed by atoms with Crippen molar-refractivity contribution in [1.29, 1.82) is 0 Å². The number of ether oxygens (including phenoxy) is 1. The van der Waals surface area contributed by atoms with Crippen LogP contribution in [0.1, 0.15) is 19.8 Å². The van der Waals surface area contributed by atoms with E-state index < -0.39 is 5.69 Å². The van der Waals surface area contributed by atoms with Crippen LogP contribution in [0.5, 0.6) is 0 Å². The van der Waals surface area contributed by atoms with Gasteiger partial charge in [0.2, 0.25) is 5.91 Å². The van der Waals surface area contributed by atoms with Gasteiger partial charge in [-0.2, -0.15) is 0 Å². The first-order chi connectivity index (χ1) is 10.1. The molecule has 1 amide bonds. The van der Waals surface area contributed by atoms with Crippen LogP contribution < -0.4 is 5.69 Å². The summed E-state index contributed by atoms with van der Waals surface area (Å²) in [7, 11) is 0. The van der Waals surface area contributed by atoms with Crippen molar-refractivity contribution in [3.05, 3.63) is 28.9 Å². The van der Waals surface area contributed by atoms with E-state index in [0.717, 1.165) is 12.8 Å². The van der Waals surface area contributed by atoms with E-state index in [1.165, 1.54) is 17.0 Å². The number of hydrogen-bond acceptors (Lipinski definition) is 5. The minimum absolute atomic E-state index is 0.0534. The molecule has 1 saturated heterocycles. The lowest BCUT2D eigenvalue weighted by atomic mass is 9.98. The predicted molar refractivity (Wildman–Crippen MR) is 74.4 cm³/mol. The average molecular weight is 293 g/mol. The fourth-order valence-electron chi connectivity index (χ4n) is 2.41. The van der Waals surface area contributed by atoms with Crippen molar-refractivity contribution in [2.24, 2.45) is 5.92 Å². The molecule has 2 rings (SSSR count). The lowest BCUT2D eigenvalue weighted by molar-refractivity contribution is -0.151. The van der Waals surface area contributed by atoms with E-state index in [9.17, 15) is 14.4 Å². The maximum absolute atomic E-state index is 12.2. The van der Waals surface area contributed by atoms with E-state index in [1.54, 1.807) is 17.9 Å². The van der Waals surface area contributed by atoms with Crippen molar-refractivity contribution in [3.8, 4) is 0 Å². The van der Waals surface area contributed by atoms with Gasteiger partial charge in [-0.15, -0.1) is 0 Å². The Hall–Kier alpha value is -2.18. The maximum atomic E-state index is 12.2. The highest BCUT2D eigenvalue weighted by Crippen LogP contribution is 2.18. The van der Waals surface area contributed by atoms with E-state index in [4.69, 9.17) is 4.74 Å². The SMILES string of the molecule is CCOC(=O)C1CCCN(C(=O)Cn2cccnc2=O)C1. The van der Waals surface area contributed by atoms with Gasteiger partial charge in [-0.3, -0.25) is 14.2 Å². The molecule has 0 spiro atoms. The maximum Gasteiger partial charge on any atom is 0.347 e. The summed E-state index contributed by atoms with van der Waals surface area (Å²) in [6.07, 6.45) is 4.41. The van der Waals surface area contributed by atoms with Gasteiger partial charge in [0.05, 0.1) is 12.5 Å². The fourth-order valence-corrected chi connectivity index (χ4v) is 2.41. The second kappa shape index (κ2) is 7.01. The number of nitrogens with zero attached hydrogens (tertiary/aromatic N) is 3. The van der Waals surface area contributed by atoms with Crippen LogP contribution in [0.4, 0.5) is 0 Å².